The van der Waals surface area contributed by atoms with Crippen LogP contribution in [0.1, 0.15) is 32.1 Å². The molecular weight excluding hydrogens is 192 g/mol. The first-order valence-corrected chi connectivity index (χ1v) is 5.78. The lowest BCUT2D eigenvalue weighted by Crippen LogP contribution is -2.56. The van der Waals surface area contributed by atoms with Crippen LogP contribution in [0, 0.1) is 0 Å². The van der Waals surface area contributed by atoms with Crippen molar-refractivity contribution in [1.82, 2.24) is 10.2 Å². The van der Waals surface area contributed by atoms with Crippen molar-refractivity contribution in [2.24, 2.45) is 0 Å². The Morgan fingerprint density at radius 3 is 2.60 bits per heavy atom. The predicted octanol–water partition coefficient (Wildman–Crippen LogP) is 0.112. The Hall–Kier alpha value is -0.610. The first-order valence-electron chi connectivity index (χ1n) is 5.78. The van der Waals surface area contributed by atoms with Crippen LogP contribution < -0.4 is 5.32 Å². The average Bonchev–Trinajstić information content (AvgIpc) is 2.98. The highest BCUT2D eigenvalue weighted by atomic mass is 16.3. The van der Waals surface area contributed by atoms with E-state index in [1.165, 1.54) is 0 Å². The molecule has 0 heterocycles. The molecule has 2 rings (SSSR count). The zero-order valence-electron chi connectivity index (χ0n) is 9.33. The van der Waals surface area contributed by atoms with Crippen molar-refractivity contribution in [3.8, 4) is 0 Å². The van der Waals surface area contributed by atoms with E-state index < -0.39 is 0 Å². The monoisotopic (exact) mass is 212 g/mol. The van der Waals surface area contributed by atoms with Crippen LogP contribution in [0.15, 0.2) is 0 Å². The predicted molar refractivity (Wildman–Crippen MR) is 57.5 cm³/mol. The van der Waals surface area contributed by atoms with Crippen molar-refractivity contribution in [3.05, 3.63) is 0 Å². The van der Waals surface area contributed by atoms with Crippen molar-refractivity contribution >= 4 is 5.91 Å². The van der Waals surface area contributed by atoms with Gasteiger partial charge in [0.05, 0.1) is 13.2 Å². The van der Waals surface area contributed by atoms with E-state index >= 15 is 0 Å². The number of hydrogen-bond acceptors (Lipinski definition) is 3. The molecule has 2 N–H and O–H groups in total. The molecule has 2 aliphatic rings. The third kappa shape index (κ3) is 2.32. The summed E-state index contributed by atoms with van der Waals surface area (Å²) in [4.78, 5) is 13.5. The molecule has 0 saturated heterocycles. The molecule has 4 nitrogen and oxygen atoms in total. The van der Waals surface area contributed by atoms with Gasteiger partial charge >= 0.3 is 0 Å². The Bertz CT molecular complexity index is 241. The van der Waals surface area contributed by atoms with Crippen LogP contribution in [-0.4, -0.2) is 47.7 Å². The van der Waals surface area contributed by atoms with Crippen LogP contribution >= 0.6 is 0 Å². The number of rotatable bonds is 5. The third-order valence-electron chi connectivity index (χ3n) is 3.72. The van der Waals surface area contributed by atoms with Crippen LogP contribution in [0.25, 0.3) is 0 Å². The topological polar surface area (TPSA) is 52.6 Å². The van der Waals surface area contributed by atoms with Crippen LogP contribution in [0.5, 0.6) is 0 Å². The molecule has 86 valence electrons. The lowest BCUT2D eigenvalue weighted by atomic mass is 9.77. The number of hydrogen-bond donors (Lipinski definition) is 2. The second-order valence-corrected chi connectivity index (χ2v) is 4.88. The molecule has 0 radical (unpaired) electrons. The quantitative estimate of drug-likeness (QED) is 0.680. The van der Waals surface area contributed by atoms with Gasteiger partial charge < -0.3 is 15.3 Å². The highest BCUT2D eigenvalue weighted by molar-refractivity contribution is 5.78. The van der Waals surface area contributed by atoms with E-state index in [4.69, 9.17) is 0 Å². The maximum Gasteiger partial charge on any atom is 0.236 e. The van der Waals surface area contributed by atoms with Crippen molar-refractivity contribution in [3.63, 3.8) is 0 Å². The summed E-state index contributed by atoms with van der Waals surface area (Å²) < 4.78 is 0. The highest BCUT2D eigenvalue weighted by Gasteiger charge is 2.37. The standard InChI is InChI=1S/C11H20N2O2/c1-13(9-3-4-9)10(15)7-12-11(8-14)5-2-6-11/h9,12,14H,2-8H2,1H3. The molecule has 15 heavy (non-hydrogen) atoms. The molecule has 0 atom stereocenters. The molecule has 0 aromatic carbocycles. The number of nitrogens with one attached hydrogen (secondary N) is 1. The fourth-order valence-corrected chi connectivity index (χ4v) is 2.05. The first kappa shape index (κ1) is 10.9. The second kappa shape index (κ2) is 4.10. The molecule has 0 aromatic heterocycles. The first-order chi connectivity index (χ1) is 7.17. The molecule has 1 amide bonds. The molecule has 0 bridgehead atoms. The van der Waals surface area contributed by atoms with E-state index in [1.54, 1.807) is 0 Å². The third-order valence-corrected chi connectivity index (χ3v) is 3.72. The summed E-state index contributed by atoms with van der Waals surface area (Å²) in [5.74, 6) is 0.150. The van der Waals surface area contributed by atoms with Crippen LogP contribution in [-0.2, 0) is 4.79 Å². The van der Waals surface area contributed by atoms with Gasteiger partial charge in [0.2, 0.25) is 5.91 Å². The largest absolute Gasteiger partial charge is 0.394 e. The summed E-state index contributed by atoms with van der Waals surface area (Å²) in [5, 5.41) is 12.4. The van der Waals surface area contributed by atoms with Gasteiger partial charge in [-0.2, -0.15) is 0 Å². The van der Waals surface area contributed by atoms with Crippen LogP contribution in [0.2, 0.25) is 0 Å². The fourth-order valence-electron chi connectivity index (χ4n) is 2.05. The van der Waals surface area contributed by atoms with Gasteiger partial charge in [0.15, 0.2) is 0 Å². The summed E-state index contributed by atoms with van der Waals surface area (Å²) in [6.07, 6.45) is 5.43. The maximum absolute atomic E-state index is 11.7. The van der Waals surface area contributed by atoms with Gasteiger partial charge in [0.1, 0.15) is 0 Å². The van der Waals surface area contributed by atoms with Gasteiger partial charge in [-0.05, 0) is 32.1 Å². The van der Waals surface area contributed by atoms with E-state index in [-0.39, 0.29) is 18.1 Å². The van der Waals surface area contributed by atoms with E-state index in [0.29, 0.717) is 12.6 Å². The second-order valence-electron chi connectivity index (χ2n) is 4.88. The summed E-state index contributed by atoms with van der Waals surface area (Å²) in [5.41, 5.74) is -0.153. The Morgan fingerprint density at radius 2 is 2.20 bits per heavy atom. The maximum atomic E-state index is 11.7. The smallest absolute Gasteiger partial charge is 0.236 e. The molecule has 0 aliphatic heterocycles. The Morgan fingerprint density at radius 1 is 1.53 bits per heavy atom. The number of carbonyl (C=O) groups is 1. The lowest BCUT2D eigenvalue weighted by Gasteiger charge is -2.41. The van der Waals surface area contributed by atoms with E-state index in [9.17, 15) is 9.90 Å². The lowest BCUT2D eigenvalue weighted by molar-refractivity contribution is -0.130. The van der Waals surface area contributed by atoms with Crippen molar-refractivity contribution in [1.29, 1.82) is 0 Å². The van der Waals surface area contributed by atoms with Gasteiger partial charge in [-0.3, -0.25) is 4.79 Å². The Balaban J connectivity index is 1.74. The van der Waals surface area contributed by atoms with E-state index in [2.05, 4.69) is 5.32 Å². The SMILES string of the molecule is CN(C(=O)CNC1(CO)CCC1)C1CC1. The zero-order chi connectivity index (χ0) is 10.9. The van der Waals surface area contributed by atoms with Crippen molar-refractivity contribution < 1.29 is 9.90 Å². The van der Waals surface area contributed by atoms with Gasteiger partial charge in [-0.1, -0.05) is 0 Å². The minimum Gasteiger partial charge on any atom is -0.394 e. The number of carbonyl (C=O) groups excluding carboxylic acids is 1. The van der Waals surface area contributed by atoms with Crippen LogP contribution in [0.4, 0.5) is 0 Å². The van der Waals surface area contributed by atoms with Gasteiger partial charge in [0, 0.05) is 18.6 Å². The summed E-state index contributed by atoms with van der Waals surface area (Å²) >= 11 is 0. The van der Waals surface area contributed by atoms with Crippen molar-refractivity contribution in [2.45, 2.75) is 43.7 Å². The van der Waals surface area contributed by atoms with E-state index in [1.807, 2.05) is 11.9 Å². The number of nitrogens with zero attached hydrogens (tertiary/aromatic N) is 1. The van der Waals surface area contributed by atoms with Gasteiger partial charge in [0.25, 0.3) is 0 Å². The average molecular weight is 212 g/mol. The summed E-state index contributed by atoms with van der Waals surface area (Å²) in [7, 11) is 1.87. The minimum atomic E-state index is -0.153. The Kier molecular flexibility index (Phi) is 2.98. The zero-order valence-corrected chi connectivity index (χ0v) is 9.33. The molecule has 2 saturated carbocycles. The fraction of sp³-hybridized carbons (Fsp3) is 0.909. The minimum absolute atomic E-state index is 0.146. The number of amides is 1. The molecule has 0 unspecified atom stereocenters. The van der Waals surface area contributed by atoms with Gasteiger partial charge in [-0.25, -0.2) is 0 Å². The van der Waals surface area contributed by atoms with E-state index in [0.717, 1.165) is 32.1 Å². The summed E-state index contributed by atoms with van der Waals surface area (Å²) in [6.45, 7) is 0.515. The molecular formula is C11H20N2O2. The van der Waals surface area contributed by atoms with Crippen molar-refractivity contribution in [2.75, 3.05) is 20.2 Å². The number of aliphatic hydroxyl groups excluding tert-OH is 1. The normalized spacial score (nSPS) is 23.3. The number of aliphatic hydroxyl groups is 1. The van der Waals surface area contributed by atoms with Gasteiger partial charge in [-0.15, -0.1) is 0 Å². The summed E-state index contributed by atoms with van der Waals surface area (Å²) in [6, 6.07) is 0.478. The molecule has 2 aliphatic carbocycles. The number of likely N-dealkylation sites (N-methyl/N-ethyl adjacent to an activating group) is 1. The molecule has 2 fully saturated rings. The highest BCUT2D eigenvalue weighted by Crippen LogP contribution is 2.31. The molecule has 0 spiro atoms. The molecule has 4 heteroatoms. The molecule has 0 aromatic rings. The van der Waals surface area contributed by atoms with Crippen LogP contribution in [0.3, 0.4) is 0 Å². The Labute approximate surface area is 90.6 Å².